The van der Waals surface area contributed by atoms with E-state index in [1.54, 1.807) is 14.2 Å². The van der Waals surface area contributed by atoms with Crippen molar-refractivity contribution in [2.24, 2.45) is 0 Å². The second-order valence-corrected chi connectivity index (χ2v) is 5.70. The van der Waals surface area contributed by atoms with Gasteiger partial charge in [-0.1, -0.05) is 0 Å². The van der Waals surface area contributed by atoms with Crippen LogP contribution >= 0.6 is 0 Å². The molecule has 22 heavy (non-hydrogen) atoms. The van der Waals surface area contributed by atoms with Crippen molar-refractivity contribution < 1.29 is 14.2 Å². The van der Waals surface area contributed by atoms with E-state index in [1.807, 2.05) is 24.3 Å². The molecule has 1 unspecified atom stereocenters. The van der Waals surface area contributed by atoms with Gasteiger partial charge in [-0.05, 0) is 31.2 Å². The number of piperazine rings is 1. The average molecular weight is 308 g/mol. The molecule has 1 aliphatic heterocycles. The predicted molar refractivity (Wildman–Crippen MR) is 87.8 cm³/mol. The quantitative estimate of drug-likeness (QED) is 0.730. The van der Waals surface area contributed by atoms with Crippen LogP contribution in [-0.2, 0) is 4.74 Å². The van der Waals surface area contributed by atoms with Gasteiger partial charge in [0.1, 0.15) is 18.1 Å². The van der Waals surface area contributed by atoms with Crippen molar-refractivity contribution >= 4 is 0 Å². The summed E-state index contributed by atoms with van der Waals surface area (Å²) in [5.74, 6) is 1.75. The van der Waals surface area contributed by atoms with Gasteiger partial charge in [0.25, 0.3) is 0 Å². The molecular formula is C17H28N2O3. The lowest BCUT2D eigenvalue weighted by Gasteiger charge is -2.39. The molecule has 1 saturated heterocycles. The van der Waals surface area contributed by atoms with E-state index >= 15 is 0 Å². The molecule has 0 bridgehead atoms. The van der Waals surface area contributed by atoms with E-state index in [4.69, 9.17) is 14.2 Å². The van der Waals surface area contributed by atoms with E-state index in [9.17, 15) is 0 Å². The maximum absolute atomic E-state index is 5.80. The zero-order valence-corrected chi connectivity index (χ0v) is 14.0. The Kier molecular flexibility index (Phi) is 6.96. The second kappa shape index (κ2) is 8.98. The van der Waals surface area contributed by atoms with Crippen molar-refractivity contribution in [2.45, 2.75) is 13.0 Å². The van der Waals surface area contributed by atoms with Gasteiger partial charge in [-0.25, -0.2) is 0 Å². The average Bonchev–Trinajstić information content (AvgIpc) is 2.55. The van der Waals surface area contributed by atoms with Crippen LogP contribution in [-0.4, -0.2) is 76.0 Å². The molecular weight excluding hydrogens is 280 g/mol. The SMILES string of the molecule is COCCN1CCN(CCOc2ccc(OC)cc2)CC1C. The van der Waals surface area contributed by atoms with E-state index in [0.29, 0.717) is 6.04 Å². The third kappa shape index (κ3) is 5.16. The summed E-state index contributed by atoms with van der Waals surface area (Å²) >= 11 is 0. The Bertz CT molecular complexity index is 424. The van der Waals surface area contributed by atoms with E-state index < -0.39 is 0 Å². The lowest BCUT2D eigenvalue weighted by molar-refractivity contribution is 0.0531. The normalized spacial score (nSPS) is 20.0. The van der Waals surface area contributed by atoms with Gasteiger partial charge < -0.3 is 14.2 Å². The molecule has 1 atom stereocenters. The Labute approximate surface area is 133 Å². The van der Waals surface area contributed by atoms with Crippen molar-refractivity contribution in [2.75, 3.05) is 60.2 Å². The number of nitrogens with zero attached hydrogens (tertiary/aromatic N) is 2. The van der Waals surface area contributed by atoms with Crippen LogP contribution in [0.3, 0.4) is 0 Å². The number of hydrogen-bond donors (Lipinski definition) is 0. The van der Waals surface area contributed by atoms with Gasteiger partial charge in [-0.15, -0.1) is 0 Å². The Morgan fingerprint density at radius 3 is 2.36 bits per heavy atom. The summed E-state index contributed by atoms with van der Waals surface area (Å²) < 4.78 is 16.1. The minimum Gasteiger partial charge on any atom is -0.497 e. The number of methoxy groups -OCH3 is 2. The minimum atomic E-state index is 0.574. The number of hydrogen-bond acceptors (Lipinski definition) is 5. The molecule has 5 heteroatoms. The number of rotatable bonds is 8. The molecule has 0 saturated carbocycles. The Morgan fingerprint density at radius 1 is 1.00 bits per heavy atom. The summed E-state index contributed by atoms with van der Waals surface area (Å²) in [6.07, 6.45) is 0. The summed E-state index contributed by atoms with van der Waals surface area (Å²) in [7, 11) is 3.43. The number of ether oxygens (including phenoxy) is 3. The molecule has 1 aliphatic rings. The van der Waals surface area contributed by atoms with Crippen LogP contribution in [0.15, 0.2) is 24.3 Å². The zero-order valence-electron chi connectivity index (χ0n) is 14.0. The first-order chi connectivity index (χ1) is 10.7. The molecule has 0 spiro atoms. The Hall–Kier alpha value is -1.30. The van der Waals surface area contributed by atoms with Crippen LogP contribution in [0.1, 0.15) is 6.92 Å². The highest BCUT2D eigenvalue weighted by Gasteiger charge is 2.22. The molecule has 1 aromatic carbocycles. The third-order valence-electron chi connectivity index (χ3n) is 4.17. The largest absolute Gasteiger partial charge is 0.497 e. The number of benzene rings is 1. The highest BCUT2D eigenvalue weighted by atomic mass is 16.5. The van der Waals surface area contributed by atoms with Crippen molar-refractivity contribution in [3.05, 3.63) is 24.3 Å². The fourth-order valence-corrected chi connectivity index (χ4v) is 2.78. The molecule has 0 aliphatic carbocycles. The van der Waals surface area contributed by atoms with Crippen molar-refractivity contribution in [3.63, 3.8) is 0 Å². The first kappa shape index (κ1) is 17.1. The summed E-state index contributed by atoms with van der Waals surface area (Å²) in [6.45, 7) is 9.10. The van der Waals surface area contributed by atoms with Gasteiger partial charge in [0.2, 0.25) is 0 Å². The first-order valence-electron chi connectivity index (χ1n) is 7.95. The second-order valence-electron chi connectivity index (χ2n) is 5.70. The molecule has 0 radical (unpaired) electrons. The van der Waals surface area contributed by atoms with Gasteiger partial charge in [-0.3, -0.25) is 9.80 Å². The van der Waals surface area contributed by atoms with Crippen LogP contribution in [0, 0.1) is 0 Å². The Morgan fingerprint density at radius 2 is 1.73 bits per heavy atom. The molecule has 1 heterocycles. The minimum absolute atomic E-state index is 0.574. The van der Waals surface area contributed by atoms with E-state index in [1.165, 1.54) is 0 Å². The van der Waals surface area contributed by atoms with Gasteiger partial charge in [0, 0.05) is 45.9 Å². The molecule has 0 amide bonds. The van der Waals surface area contributed by atoms with E-state index in [-0.39, 0.29) is 0 Å². The Balaban J connectivity index is 1.67. The van der Waals surface area contributed by atoms with Gasteiger partial charge in [-0.2, -0.15) is 0 Å². The van der Waals surface area contributed by atoms with E-state index in [2.05, 4.69) is 16.7 Å². The smallest absolute Gasteiger partial charge is 0.119 e. The fraction of sp³-hybridized carbons (Fsp3) is 0.647. The lowest BCUT2D eigenvalue weighted by Crippen LogP contribution is -2.53. The topological polar surface area (TPSA) is 34.2 Å². The zero-order chi connectivity index (χ0) is 15.8. The first-order valence-corrected chi connectivity index (χ1v) is 7.95. The molecule has 124 valence electrons. The van der Waals surface area contributed by atoms with Gasteiger partial charge in [0.15, 0.2) is 0 Å². The third-order valence-corrected chi connectivity index (χ3v) is 4.17. The molecule has 0 N–H and O–H groups in total. The summed E-state index contributed by atoms with van der Waals surface area (Å²) in [4.78, 5) is 4.96. The van der Waals surface area contributed by atoms with Crippen molar-refractivity contribution in [1.29, 1.82) is 0 Å². The standard InChI is InChI=1S/C17H28N2O3/c1-15-14-18(8-9-19(15)11-12-20-2)10-13-22-17-6-4-16(21-3)5-7-17/h4-7,15H,8-14H2,1-3H3. The van der Waals surface area contributed by atoms with Gasteiger partial charge >= 0.3 is 0 Å². The van der Waals surface area contributed by atoms with E-state index in [0.717, 1.165) is 57.4 Å². The van der Waals surface area contributed by atoms with Crippen LogP contribution in [0.2, 0.25) is 0 Å². The highest BCUT2D eigenvalue weighted by molar-refractivity contribution is 5.31. The van der Waals surface area contributed by atoms with Crippen LogP contribution in [0.4, 0.5) is 0 Å². The molecule has 0 aromatic heterocycles. The fourth-order valence-electron chi connectivity index (χ4n) is 2.78. The predicted octanol–water partition coefficient (Wildman–Crippen LogP) is 1.73. The van der Waals surface area contributed by atoms with Crippen LogP contribution < -0.4 is 9.47 Å². The van der Waals surface area contributed by atoms with Crippen molar-refractivity contribution in [3.8, 4) is 11.5 Å². The summed E-state index contributed by atoms with van der Waals surface area (Å²) in [6, 6.07) is 8.32. The summed E-state index contributed by atoms with van der Waals surface area (Å²) in [5, 5.41) is 0. The lowest BCUT2D eigenvalue weighted by atomic mass is 10.2. The molecule has 5 nitrogen and oxygen atoms in total. The van der Waals surface area contributed by atoms with Gasteiger partial charge in [0.05, 0.1) is 13.7 Å². The monoisotopic (exact) mass is 308 g/mol. The molecule has 1 aromatic rings. The van der Waals surface area contributed by atoms with Crippen LogP contribution in [0.25, 0.3) is 0 Å². The highest BCUT2D eigenvalue weighted by Crippen LogP contribution is 2.17. The summed E-state index contributed by atoms with van der Waals surface area (Å²) in [5.41, 5.74) is 0. The maximum Gasteiger partial charge on any atom is 0.119 e. The molecule has 1 fully saturated rings. The maximum atomic E-state index is 5.80. The van der Waals surface area contributed by atoms with Crippen LogP contribution in [0.5, 0.6) is 11.5 Å². The molecule has 2 rings (SSSR count). The van der Waals surface area contributed by atoms with Crippen molar-refractivity contribution in [1.82, 2.24) is 9.80 Å².